The molecule has 0 bridgehead atoms. The fraction of sp³-hybridized carbons (Fsp3) is 0.467. The molecule has 0 aliphatic carbocycles. The minimum Gasteiger partial charge on any atom is -0.466 e. The normalized spacial score (nSPS) is 9.06. The zero-order valence-electron chi connectivity index (χ0n) is 11.4. The van der Waals surface area contributed by atoms with Gasteiger partial charge < -0.3 is 4.74 Å². The summed E-state index contributed by atoms with van der Waals surface area (Å²) in [4.78, 5) is 21.4. The molecule has 0 unspecified atom stereocenters. The van der Waals surface area contributed by atoms with Crippen LogP contribution in [0.25, 0.3) is 0 Å². The molecule has 3 heteroatoms. The zero-order chi connectivity index (χ0) is 13.8. The van der Waals surface area contributed by atoms with Crippen molar-refractivity contribution in [2.24, 2.45) is 0 Å². The fourth-order valence-electron chi connectivity index (χ4n) is 1.15. The number of carbonyl (C=O) groups excluding carboxylic acids is 2. The van der Waals surface area contributed by atoms with Crippen molar-refractivity contribution >= 4 is 11.8 Å². The summed E-state index contributed by atoms with van der Waals surface area (Å²) in [5.74, 6) is 0.104. The van der Waals surface area contributed by atoms with Gasteiger partial charge in [-0.25, -0.2) is 0 Å². The minimum atomic E-state index is -0.105. The molecule has 0 saturated carbocycles. The second-order valence-electron chi connectivity index (χ2n) is 3.72. The van der Waals surface area contributed by atoms with E-state index in [0.29, 0.717) is 19.4 Å². The molecule has 1 aromatic rings. The molecule has 3 nitrogen and oxygen atoms in total. The van der Waals surface area contributed by atoms with Crippen molar-refractivity contribution in [2.75, 3.05) is 6.61 Å². The van der Waals surface area contributed by atoms with Gasteiger partial charge in [-0.1, -0.05) is 51.1 Å². The van der Waals surface area contributed by atoms with E-state index in [0.717, 1.165) is 12.0 Å². The van der Waals surface area contributed by atoms with Crippen molar-refractivity contribution in [3.8, 4) is 0 Å². The van der Waals surface area contributed by atoms with Crippen molar-refractivity contribution in [3.05, 3.63) is 35.9 Å². The van der Waals surface area contributed by atoms with Gasteiger partial charge in [0.15, 0.2) is 5.78 Å². The van der Waals surface area contributed by atoms with E-state index >= 15 is 0 Å². The van der Waals surface area contributed by atoms with Crippen LogP contribution in [0.4, 0.5) is 0 Å². The monoisotopic (exact) mass is 250 g/mol. The van der Waals surface area contributed by atoms with Crippen LogP contribution in [0.3, 0.4) is 0 Å². The van der Waals surface area contributed by atoms with Crippen LogP contribution in [-0.2, 0) is 9.53 Å². The molecule has 0 N–H and O–H groups in total. The van der Waals surface area contributed by atoms with Gasteiger partial charge in [0.25, 0.3) is 0 Å². The lowest BCUT2D eigenvalue weighted by Gasteiger charge is -1.97. The zero-order valence-corrected chi connectivity index (χ0v) is 11.4. The molecule has 100 valence electrons. The molecule has 0 saturated heterocycles. The van der Waals surface area contributed by atoms with Crippen LogP contribution in [0.5, 0.6) is 0 Å². The molecular formula is C15H22O3. The largest absolute Gasteiger partial charge is 0.466 e. The highest BCUT2D eigenvalue weighted by Gasteiger charge is 1.98. The first-order valence-electron chi connectivity index (χ1n) is 6.39. The number of carbonyl (C=O) groups is 2. The molecule has 0 aromatic heterocycles. The lowest BCUT2D eigenvalue weighted by atomic mass is 10.1. The Bertz CT molecular complexity index is 344. The fourth-order valence-corrected chi connectivity index (χ4v) is 1.15. The average Bonchev–Trinajstić information content (AvgIpc) is 2.45. The topological polar surface area (TPSA) is 43.4 Å². The van der Waals surface area contributed by atoms with Crippen LogP contribution >= 0.6 is 0 Å². The summed E-state index contributed by atoms with van der Waals surface area (Å²) in [7, 11) is 0. The molecule has 0 radical (unpaired) electrons. The molecule has 0 aliphatic heterocycles. The third-order valence-corrected chi connectivity index (χ3v) is 2.17. The van der Waals surface area contributed by atoms with Gasteiger partial charge in [-0.2, -0.15) is 0 Å². The predicted molar refractivity (Wildman–Crippen MR) is 72.6 cm³/mol. The predicted octanol–water partition coefficient (Wildman–Crippen LogP) is 3.63. The van der Waals surface area contributed by atoms with E-state index in [1.165, 1.54) is 0 Å². The first kappa shape index (κ1) is 16.4. The van der Waals surface area contributed by atoms with E-state index < -0.39 is 0 Å². The average molecular weight is 250 g/mol. The third kappa shape index (κ3) is 7.60. The van der Waals surface area contributed by atoms with Crippen LogP contribution in [0.15, 0.2) is 30.3 Å². The SMILES string of the molecule is CCC(=O)c1ccccc1.CCCOC(=O)CC. The van der Waals surface area contributed by atoms with Crippen molar-refractivity contribution in [3.63, 3.8) is 0 Å². The van der Waals surface area contributed by atoms with Gasteiger partial charge in [0.2, 0.25) is 0 Å². The maximum absolute atomic E-state index is 11.0. The summed E-state index contributed by atoms with van der Waals surface area (Å²) < 4.78 is 4.70. The number of hydrogen-bond donors (Lipinski definition) is 0. The summed E-state index contributed by atoms with van der Waals surface area (Å²) in [6.07, 6.45) is 1.98. The molecule has 0 fully saturated rings. The number of ether oxygens (including phenoxy) is 1. The van der Waals surface area contributed by atoms with Crippen molar-refractivity contribution in [1.29, 1.82) is 0 Å². The number of ketones is 1. The highest BCUT2D eigenvalue weighted by atomic mass is 16.5. The van der Waals surface area contributed by atoms with E-state index in [1.807, 2.05) is 44.2 Å². The summed E-state index contributed by atoms with van der Waals surface area (Å²) >= 11 is 0. The molecule has 0 aliphatic rings. The first-order valence-corrected chi connectivity index (χ1v) is 6.39. The Hall–Kier alpha value is -1.64. The van der Waals surface area contributed by atoms with Gasteiger partial charge in [0.05, 0.1) is 6.61 Å². The number of Topliss-reactive ketones (excluding diaryl/α,β-unsaturated/α-hetero) is 1. The second-order valence-corrected chi connectivity index (χ2v) is 3.72. The van der Waals surface area contributed by atoms with Crippen molar-refractivity contribution in [2.45, 2.75) is 40.0 Å². The van der Waals surface area contributed by atoms with Gasteiger partial charge >= 0.3 is 5.97 Å². The van der Waals surface area contributed by atoms with Crippen LogP contribution in [-0.4, -0.2) is 18.4 Å². The Labute approximate surface area is 109 Å². The number of hydrogen-bond acceptors (Lipinski definition) is 3. The number of benzene rings is 1. The van der Waals surface area contributed by atoms with E-state index in [4.69, 9.17) is 4.74 Å². The van der Waals surface area contributed by atoms with E-state index in [-0.39, 0.29) is 11.8 Å². The van der Waals surface area contributed by atoms with Crippen molar-refractivity contribution in [1.82, 2.24) is 0 Å². The van der Waals surface area contributed by atoms with E-state index in [2.05, 4.69) is 0 Å². The number of esters is 1. The molecule has 1 aromatic carbocycles. The Morgan fingerprint density at radius 1 is 1.00 bits per heavy atom. The Morgan fingerprint density at radius 2 is 1.61 bits per heavy atom. The molecule has 1 rings (SSSR count). The lowest BCUT2D eigenvalue weighted by Crippen LogP contribution is -2.02. The van der Waals surface area contributed by atoms with Crippen LogP contribution in [0.1, 0.15) is 50.4 Å². The minimum absolute atomic E-state index is 0.105. The standard InChI is InChI=1S/C9H10O.C6H12O2/c1-2-9(10)8-6-4-3-5-7-8;1-3-5-8-6(7)4-2/h3-7H,2H2,1H3;3-5H2,1-2H3. The third-order valence-electron chi connectivity index (χ3n) is 2.17. The second kappa shape index (κ2) is 10.5. The Balaban J connectivity index is 0.000000331. The molecule has 18 heavy (non-hydrogen) atoms. The first-order chi connectivity index (χ1) is 8.65. The highest BCUT2D eigenvalue weighted by Crippen LogP contribution is 2.01. The maximum Gasteiger partial charge on any atom is 0.305 e. The Kier molecular flexibility index (Phi) is 9.55. The molecule has 0 heterocycles. The molecule has 0 atom stereocenters. The Morgan fingerprint density at radius 3 is 2.06 bits per heavy atom. The smallest absolute Gasteiger partial charge is 0.305 e. The summed E-state index contributed by atoms with van der Waals surface area (Å²) in [6.45, 7) is 6.20. The maximum atomic E-state index is 11.0. The van der Waals surface area contributed by atoms with Crippen LogP contribution in [0, 0.1) is 0 Å². The van der Waals surface area contributed by atoms with Crippen LogP contribution in [0.2, 0.25) is 0 Å². The van der Waals surface area contributed by atoms with Crippen molar-refractivity contribution < 1.29 is 14.3 Å². The molecular weight excluding hydrogens is 228 g/mol. The van der Waals surface area contributed by atoms with Crippen LogP contribution < -0.4 is 0 Å². The highest BCUT2D eigenvalue weighted by molar-refractivity contribution is 5.95. The summed E-state index contributed by atoms with van der Waals surface area (Å²) in [6, 6.07) is 9.34. The summed E-state index contributed by atoms with van der Waals surface area (Å²) in [5.41, 5.74) is 0.810. The lowest BCUT2D eigenvalue weighted by molar-refractivity contribution is -0.143. The van der Waals surface area contributed by atoms with Gasteiger partial charge in [0.1, 0.15) is 0 Å². The van der Waals surface area contributed by atoms with Gasteiger partial charge in [-0.3, -0.25) is 9.59 Å². The molecule has 0 amide bonds. The van der Waals surface area contributed by atoms with Gasteiger partial charge in [0, 0.05) is 18.4 Å². The number of rotatable bonds is 5. The molecule has 0 spiro atoms. The van der Waals surface area contributed by atoms with Gasteiger partial charge in [-0.15, -0.1) is 0 Å². The summed E-state index contributed by atoms with van der Waals surface area (Å²) in [5, 5.41) is 0. The van der Waals surface area contributed by atoms with E-state index in [9.17, 15) is 9.59 Å². The van der Waals surface area contributed by atoms with Gasteiger partial charge in [-0.05, 0) is 6.42 Å². The quantitative estimate of drug-likeness (QED) is 0.592. The van der Waals surface area contributed by atoms with E-state index in [1.54, 1.807) is 6.92 Å².